The SMILES string of the molecule is O=c1c2ncn([C@@H]3O[C@H](CO)[C@@H](O)[C@H]3O)c2ncn1COCc1ccccc1. The monoisotopic (exact) mass is 388 g/mol. The summed E-state index contributed by atoms with van der Waals surface area (Å²) in [4.78, 5) is 20.9. The van der Waals surface area contributed by atoms with Crippen LogP contribution >= 0.6 is 0 Å². The van der Waals surface area contributed by atoms with Crippen LogP contribution in [0.15, 0.2) is 47.8 Å². The lowest BCUT2D eigenvalue weighted by molar-refractivity contribution is -0.0511. The Balaban J connectivity index is 1.54. The van der Waals surface area contributed by atoms with Gasteiger partial charge in [0, 0.05) is 0 Å². The highest BCUT2D eigenvalue weighted by Gasteiger charge is 2.44. The average Bonchev–Trinajstić information content (AvgIpc) is 3.26. The molecule has 3 heterocycles. The second kappa shape index (κ2) is 7.78. The number of hydrogen-bond acceptors (Lipinski definition) is 8. The molecule has 3 aromatic rings. The summed E-state index contributed by atoms with van der Waals surface area (Å²) in [5.74, 6) is 0. The van der Waals surface area contributed by atoms with Gasteiger partial charge in [-0.25, -0.2) is 9.97 Å². The zero-order valence-corrected chi connectivity index (χ0v) is 14.8. The number of rotatable bonds is 6. The summed E-state index contributed by atoms with van der Waals surface area (Å²) in [6.07, 6.45) is -1.82. The van der Waals surface area contributed by atoms with Gasteiger partial charge in [-0.2, -0.15) is 0 Å². The number of hydrogen-bond donors (Lipinski definition) is 3. The van der Waals surface area contributed by atoms with Crippen LogP contribution in [0.3, 0.4) is 0 Å². The van der Waals surface area contributed by atoms with Crippen molar-refractivity contribution in [1.29, 1.82) is 0 Å². The van der Waals surface area contributed by atoms with Crippen molar-refractivity contribution in [3.8, 4) is 0 Å². The van der Waals surface area contributed by atoms with Gasteiger partial charge in [0.1, 0.15) is 31.4 Å². The third-order valence-electron chi connectivity index (χ3n) is 4.68. The average molecular weight is 388 g/mol. The highest BCUT2D eigenvalue weighted by Crippen LogP contribution is 2.30. The van der Waals surface area contributed by atoms with E-state index >= 15 is 0 Å². The van der Waals surface area contributed by atoms with Gasteiger partial charge in [-0.05, 0) is 5.56 Å². The van der Waals surface area contributed by atoms with Crippen molar-refractivity contribution in [1.82, 2.24) is 19.1 Å². The molecule has 3 N–H and O–H groups in total. The Morgan fingerprint density at radius 1 is 1.11 bits per heavy atom. The van der Waals surface area contributed by atoms with Crippen molar-refractivity contribution >= 4 is 11.2 Å². The van der Waals surface area contributed by atoms with Gasteiger partial charge < -0.3 is 24.8 Å². The molecule has 1 saturated heterocycles. The highest BCUT2D eigenvalue weighted by atomic mass is 16.6. The summed E-state index contributed by atoms with van der Waals surface area (Å²) in [7, 11) is 0. The smallest absolute Gasteiger partial charge is 0.283 e. The van der Waals surface area contributed by atoms with Crippen LogP contribution in [0.5, 0.6) is 0 Å². The van der Waals surface area contributed by atoms with E-state index in [1.807, 2.05) is 30.3 Å². The van der Waals surface area contributed by atoms with E-state index in [1.165, 1.54) is 21.8 Å². The van der Waals surface area contributed by atoms with E-state index in [-0.39, 0.29) is 17.9 Å². The fourth-order valence-electron chi connectivity index (χ4n) is 3.17. The summed E-state index contributed by atoms with van der Waals surface area (Å²) in [6.45, 7) is -0.0833. The van der Waals surface area contributed by atoms with Crippen LogP contribution in [0.1, 0.15) is 11.8 Å². The zero-order chi connectivity index (χ0) is 19.7. The molecule has 0 bridgehead atoms. The molecule has 10 nitrogen and oxygen atoms in total. The van der Waals surface area contributed by atoms with E-state index < -0.39 is 36.7 Å². The van der Waals surface area contributed by atoms with Gasteiger partial charge in [0.15, 0.2) is 17.4 Å². The van der Waals surface area contributed by atoms with E-state index in [0.29, 0.717) is 6.61 Å². The van der Waals surface area contributed by atoms with Gasteiger partial charge in [-0.3, -0.25) is 13.9 Å². The topological polar surface area (TPSA) is 132 Å². The van der Waals surface area contributed by atoms with Gasteiger partial charge in [0.05, 0.1) is 19.5 Å². The second-order valence-corrected chi connectivity index (χ2v) is 6.54. The fraction of sp³-hybridized carbons (Fsp3) is 0.389. The molecule has 0 aliphatic carbocycles. The molecule has 0 radical (unpaired) electrons. The van der Waals surface area contributed by atoms with Crippen molar-refractivity contribution in [2.45, 2.75) is 37.9 Å². The standard InChI is InChI=1S/C18H20N4O6/c23-6-12-14(24)15(25)18(28-12)22-9-19-13-16(22)20-8-21(17(13)26)10-27-7-11-4-2-1-3-5-11/h1-5,8-9,12,14-15,18,23-25H,6-7,10H2/t12-,14-,15-,18-/m1/s1. The quantitative estimate of drug-likeness (QED) is 0.509. The minimum absolute atomic E-state index is 0.0113. The second-order valence-electron chi connectivity index (χ2n) is 6.54. The minimum atomic E-state index is -1.28. The van der Waals surface area contributed by atoms with Gasteiger partial charge >= 0.3 is 0 Å². The predicted molar refractivity (Wildman–Crippen MR) is 96.0 cm³/mol. The van der Waals surface area contributed by atoms with Gasteiger partial charge in [0.25, 0.3) is 5.56 Å². The third kappa shape index (κ3) is 3.32. The molecule has 0 unspecified atom stereocenters. The first-order valence-electron chi connectivity index (χ1n) is 8.76. The van der Waals surface area contributed by atoms with Crippen LogP contribution < -0.4 is 5.56 Å². The molecular weight excluding hydrogens is 368 g/mol. The highest BCUT2D eigenvalue weighted by molar-refractivity contribution is 5.69. The lowest BCUT2D eigenvalue weighted by atomic mass is 10.1. The normalized spacial score (nSPS) is 24.8. The van der Waals surface area contributed by atoms with Crippen LogP contribution in [0.25, 0.3) is 11.2 Å². The minimum Gasteiger partial charge on any atom is -0.394 e. The molecule has 0 amide bonds. The van der Waals surface area contributed by atoms with E-state index in [2.05, 4.69) is 9.97 Å². The molecule has 1 aromatic carbocycles. The third-order valence-corrected chi connectivity index (χ3v) is 4.68. The van der Waals surface area contributed by atoms with Crippen LogP contribution in [0.2, 0.25) is 0 Å². The first-order valence-corrected chi connectivity index (χ1v) is 8.76. The molecular formula is C18H20N4O6. The van der Waals surface area contributed by atoms with Crippen molar-refractivity contribution in [2.75, 3.05) is 6.61 Å². The lowest BCUT2D eigenvalue weighted by Crippen LogP contribution is -2.33. The van der Waals surface area contributed by atoms with E-state index in [0.717, 1.165) is 5.56 Å². The van der Waals surface area contributed by atoms with Crippen molar-refractivity contribution in [2.24, 2.45) is 0 Å². The Morgan fingerprint density at radius 2 is 1.89 bits per heavy atom. The van der Waals surface area contributed by atoms with E-state index in [4.69, 9.17) is 9.47 Å². The largest absolute Gasteiger partial charge is 0.394 e. The number of ether oxygens (including phenoxy) is 2. The Hall–Kier alpha value is -2.63. The van der Waals surface area contributed by atoms with Crippen LogP contribution in [0.4, 0.5) is 0 Å². The molecule has 0 spiro atoms. The first kappa shape index (κ1) is 18.7. The first-order chi connectivity index (χ1) is 13.6. The Bertz CT molecular complexity index is 1000. The Kier molecular flexibility index (Phi) is 5.20. The van der Waals surface area contributed by atoms with Gasteiger partial charge in [0.2, 0.25) is 0 Å². The molecule has 1 aliphatic rings. The number of fused-ring (bicyclic) bond motifs is 1. The van der Waals surface area contributed by atoms with Gasteiger partial charge in [-0.15, -0.1) is 0 Å². The molecule has 4 rings (SSSR count). The Morgan fingerprint density at radius 3 is 2.61 bits per heavy atom. The van der Waals surface area contributed by atoms with E-state index in [9.17, 15) is 20.1 Å². The summed E-state index contributed by atoms with van der Waals surface area (Å²) in [5, 5.41) is 29.3. The Labute approximate surface area is 159 Å². The van der Waals surface area contributed by atoms with Crippen LogP contribution in [-0.2, 0) is 22.8 Å². The number of aliphatic hydroxyl groups is 3. The van der Waals surface area contributed by atoms with Crippen LogP contribution in [0, 0.1) is 0 Å². The summed E-state index contributed by atoms with van der Waals surface area (Å²) < 4.78 is 13.7. The van der Waals surface area contributed by atoms with E-state index in [1.54, 1.807) is 0 Å². The molecule has 4 atom stereocenters. The van der Waals surface area contributed by atoms with Crippen molar-refractivity contribution in [3.63, 3.8) is 0 Å². The number of benzene rings is 1. The molecule has 2 aromatic heterocycles. The number of imidazole rings is 1. The summed E-state index contributed by atoms with van der Waals surface area (Å²) >= 11 is 0. The van der Waals surface area contributed by atoms with Gasteiger partial charge in [-0.1, -0.05) is 30.3 Å². The molecule has 1 aliphatic heterocycles. The maximum Gasteiger partial charge on any atom is 0.283 e. The molecule has 0 saturated carbocycles. The fourth-order valence-corrected chi connectivity index (χ4v) is 3.17. The molecule has 148 valence electrons. The summed E-state index contributed by atoms with van der Waals surface area (Å²) in [5.41, 5.74) is 0.879. The van der Waals surface area contributed by atoms with Crippen LogP contribution in [-0.4, -0.2) is 59.3 Å². The van der Waals surface area contributed by atoms with Crippen molar-refractivity contribution < 1.29 is 24.8 Å². The predicted octanol–water partition coefficient (Wildman–Crippen LogP) is -0.621. The number of aliphatic hydroxyl groups excluding tert-OH is 3. The molecule has 10 heteroatoms. The number of nitrogens with zero attached hydrogens (tertiary/aromatic N) is 4. The molecule has 28 heavy (non-hydrogen) atoms. The van der Waals surface area contributed by atoms with Crippen molar-refractivity contribution in [3.05, 3.63) is 58.9 Å². The maximum atomic E-state index is 12.6. The molecule has 1 fully saturated rings. The lowest BCUT2D eigenvalue weighted by Gasteiger charge is -2.16. The summed E-state index contributed by atoms with van der Waals surface area (Å²) in [6, 6.07) is 9.57. The zero-order valence-electron chi connectivity index (χ0n) is 14.8. The maximum absolute atomic E-state index is 12.6. The number of aromatic nitrogens is 4.